The van der Waals surface area contributed by atoms with Gasteiger partial charge in [0.2, 0.25) is 0 Å². The minimum absolute atomic E-state index is 0. The number of nitrogen functional groups attached to an aromatic ring is 1. The number of aliphatic hydroxyl groups excluding tert-OH is 1. The van der Waals surface area contributed by atoms with Crippen LogP contribution in [-0.4, -0.2) is 56.0 Å². The first-order valence-corrected chi connectivity index (χ1v) is 6.46. The summed E-state index contributed by atoms with van der Waals surface area (Å²) in [7, 11) is 6.64. The first-order valence-electron chi connectivity index (χ1n) is 6.46. The summed E-state index contributed by atoms with van der Waals surface area (Å²) in [5, 5.41) is 9.56. The Morgan fingerprint density at radius 3 is 2.32 bits per heavy atom. The molecule has 0 saturated carbocycles. The maximum absolute atomic E-state index is 9.56. The monoisotopic (exact) mass is 285 g/mol. The van der Waals surface area contributed by atoms with Crippen molar-refractivity contribution in [1.29, 1.82) is 0 Å². The Bertz CT molecular complexity index is 402. The molecule has 4 nitrogen and oxygen atoms in total. The number of quaternary nitrogens is 1. The average Bonchev–Trinajstić information content (AvgIpc) is 2.73. The second-order valence-electron chi connectivity index (χ2n) is 6.09. The number of hydrogen-bond acceptors (Lipinski definition) is 3. The van der Waals surface area contributed by atoms with Gasteiger partial charge in [-0.05, 0) is 24.3 Å². The van der Waals surface area contributed by atoms with Gasteiger partial charge in [-0.15, -0.1) is 0 Å². The van der Waals surface area contributed by atoms with E-state index in [1.807, 2.05) is 24.3 Å². The Balaban J connectivity index is 0.00000180. The predicted octanol–water partition coefficient (Wildman–Crippen LogP) is -2.08. The summed E-state index contributed by atoms with van der Waals surface area (Å²) in [6.45, 7) is 1.19. The highest BCUT2D eigenvalue weighted by Crippen LogP contribution is 2.29. The van der Waals surface area contributed by atoms with Crippen molar-refractivity contribution in [2.24, 2.45) is 0 Å². The van der Waals surface area contributed by atoms with Crippen molar-refractivity contribution in [3.63, 3.8) is 0 Å². The standard InChI is InChI=1S/C14H24N3O.ClH/c1-17(2,3)14-8-13(10-18)16(9-14)12-6-4-11(15)5-7-12;/h4-7,13-14,18H,8-10,15H2,1-3H3;1H/q+1;/p-1. The fraction of sp³-hybridized carbons (Fsp3) is 0.571. The van der Waals surface area contributed by atoms with Crippen LogP contribution in [0.5, 0.6) is 0 Å². The fourth-order valence-electron chi connectivity index (χ4n) is 2.61. The Labute approximate surface area is 121 Å². The van der Waals surface area contributed by atoms with Crippen LogP contribution in [0, 0.1) is 0 Å². The molecule has 0 aliphatic carbocycles. The van der Waals surface area contributed by atoms with Gasteiger partial charge in [0.25, 0.3) is 0 Å². The molecule has 2 rings (SSSR count). The molecule has 2 unspecified atom stereocenters. The maximum Gasteiger partial charge on any atom is 0.108 e. The topological polar surface area (TPSA) is 49.5 Å². The molecule has 5 heteroatoms. The van der Waals surface area contributed by atoms with Crippen molar-refractivity contribution in [2.75, 3.05) is 44.9 Å². The molecule has 0 radical (unpaired) electrons. The van der Waals surface area contributed by atoms with Gasteiger partial charge >= 0.3 is 0 Å². The number of benzene rings is 1. The van der Waals surface area contributed by atoms with E-state index in [9.17, 15) is 5.11 Å². The molecule has 0 spiro atoms. The zero-order chi connectivity index (χ0) is 13.3. The van der Waals surface area contributed by atoms with E-state index in [-0.39, 0.29) is 25.1 Å². The third-order valence-electron chi connectivity index (χ3n) is 3.92. The number of likely N-dealkylation sites (N-methyl/N-ethyl adjacent to an activating group) is 1. The Morgan fingerprint density at radius 2 is 1.84 bits per heavy atom. The van der Waals surface area contributed by atoms with Crippen LogP contribution in [0.15, 0.2) is 24.3 Å². The lowest BCUT2D eigenvalue weighted by molar-refractivity contribution is -0.893. The molecule has 1 aromatic rings. The van der Waals surface area contributed by atoms with Crippen molar-refractivity contribution < 1.29 is 22.0 Å². The van der Waals surface area contributed by atoms with E-state index in [4.69, 9.17) is 5.73 Å². The summed E-state index contributed by atoms with van der Waals surface area (Å²) in [6, 6.07) is 8.69. The highest BCUT2D eigenvalue weighted by molar-refractivity contribution is 5.54. The molecular weight excluding hydrogens is 262 g/mol. The predicted molar refractivity (Wildman–Crippen MR) is 75.5 cm³/mol. The lowest BCUT2D eigenvalue weighted by Gasteiger charge is -2.31. The Kier molecular flexibility index (Phi) is 5.07. The van der Waals surface area contributed by atoms with E-state index in [1.165, 1.54) is 0 Å². The second kappa shape index (κ2) is 5.99. The normalized spacial score (nSPS) is 23.3. The lowest BCUT2D eigenvalue weighted by atomic mass is 10.1. The van der Waals surface area contributed by atoms with Crippen molar-refractivity contribution in [1.82, 2.24) is 0 Å². The zero-order valence-corrected chi connectivity index (χ0v) is 12.6. The lowest BCUT2D eigenvalue weighted by Crippen LogP contribution is -3.00. The number of hydrogen-bond donors (Lipinski definition) is 2. The summed E-state index contributed by atoms with van der Waals surface area (Å²) >= 11 is 0. The van der Waals surface area contributed by atoms with Crippen LogP contribution in [-0.2, 0) is 0 Å². The molecule has 1 heterocycles. The molecule has 0 amide bonds. The number of nitrogens with two attached hydrogens (primary N) is 1. The minimum atomic E-state index is 0. The molecule has 0 bridgehead atoms. The summed E-state index contributed by atoms with van der Waals surface area (Å²) in [4.78, 5) is 2.30. The van der Waals surface area contributed by atoms with Gasteiger partial charge in [-0.3, -0.25) is 0 Å². The largest absolute Gasteiger partial charge is 1.00 e. The minimum Gasteiger partial charge on any atom is -1.00 e. The van der Waals surface area contributed by atoms with Crippen LogP contribution in [0.3, 0.4) is 0 Å². The molecule has 19 heavy (non-hydrogen) atoms. The van der Waals surface area contributed by atoms with E-state index in [0.717, 1.165) is 28.8 Å². The number of nitrogens with zero attached hydrogens (tertiary/aromatic N) is 2. The van der Waals surface area contributed by atoms with Crippen LogP contribution in [0.2, 0.25) is 0 Å². The van der Waals surface area contributed by atoms with Crippen molar-refractivity contribution >= 4 is 11.4 Å². The number of aliphatic hydroxyl groups is 1. The van der Waals surface area contributed by atoms with E-state index >= 15 is 0 Å². The van der Waals surface area contributed by atoms with Gasteiger partial charge in [0.1, 0.15) is 6.04 Å². The Hall–Kier alpha value is -0.970. The zero-order valence-electron chi connectivity index (χ0n) is 11.9. The summed E-state index contributed by atoms with van der Waals surface area (Å²) in [5.41, 5.74) is 7.65. The summed E-state index contributed by atoms with van der Waals surface area (Å²) in [6.07, 6.45) is 1.03. The van der Waals surface area contributed by atoms with Gasteiger partial charge in [0.15, 0.2) is 0 Å². The van der Waals surface area contributed by atoms with Gasteiger partial charge in [0.05, 0.1) is 40.3 Å². The molecule has 108 valence electrons. The highest BCUT2D eigenvalue weighted by Gasteiger charge is 2.38. The third-order valence-corrected chi connectivity index (χ3v) is 3.92. The van der Waals surface area contributed by atoms with E-state index in [2.05, 4.69) is 26.0 Å². The fourth-order valence-corrected chi connectivity index (χ4v) is 2.61. The van der Waals surface area contributed by atoms with Crippen molar-refractivity contribution in [3.05, 3.63) is 24.3 Å². The maximum atomic E-state index is 9.56. The first-order chi connectivity index (χ1) is 8.41. The van der Waals surface area contributed by atoms with Gasteiger partial charge < -0.3 is 32.6 Å². The number of rotatable bonds is 3. The van der Waals surface area contributed by atoms with Crippen LogP contribution in [0.4, 0.5) is 11.4 Å². The van der Waals surface area contributed by atoms with Crippen molar-refractivity contribution in [2.45, 2.75) is 18.5 Å². The number of anilines is 2. The van der Waals surface area contributed by atoms with Crippen LogP contribution >= 0.6 is 0 Å². The molecule has 1 aliphatic heterocycles. The SMILES string of the molecule is C[N+](C)(C)C1CC(CO)N(c2ccc(N)cc2)C1.[Cl-]. The quantitative estimate of drug-likeness (QED) is 0.495. The van der Waals surface area contributed by atoms with E-state index < -0.39 is 0 Å². The molecule has 0 aromatic heterocycles. The molecule has 3 N–H and O–H groups in total. The van der Waals surface area contributed by atoms with Gasteiger partial charge in [0, 0.05) is 17.8 Å². The van der Waals surface area contributed by atoms with Crippen LogP contribution in [0.25, 0.3) is 0 Å². The van der Waals surface area contributed by atoms with Gasteiger partial charge in [-0.1, -0.05) is 0 Å². The third kappa shape index (κ3) is 3.53. The second-order valence-corrected chi connectivity index (χ2v) is 6.09. The highest BCUT2D eigenvalue weighted by atomic mass is 35.5. The van der Waals surface area contributed by atoms with Gasteiger partial charge in [-0.2, -0.15) is 0 Å². The van der Waals surface area contributed by atoms with Crippen molar-refractivity contribution in [3.8, 4) is 0 Å². The Morgan fingerprint density at radius 1 is 1.26 bits per heavy atom. The number of halogens is 1. The van der Waals surface area contributed by atoms with Gasteiger partial charge in [-0.25, -0.2) is 0 Å². The van der Waals surface area contributed by atoms with E-state index in [0.29, 0.717) is 6.04 Å². The average molecular weight is 286 g/mol. The smallest absolute Gasteiger partial charge is 0.108 e. The first kappa shape index (κ1) is 16.1. The van der Waals surface area contributed by atoms with E-state index in [1.54, 1.807) is 0 Å². The molecule has 1 fully saturated rings. The molecule has 1 aromatic carbocycles. The van der Waals surface area contributed by atoms with Crippen LogP contribution in [0.1, 0.15) is 6.42 Å². The molecule has 2 atom stereocenters. The molecular formula is C14H24ClN3O. The molecule has 1 aliphatic rings. The summed E-state index contributed by atoms with van der Waals surface area (Å²) < 4.78 is 0.933. The van der Waals surface area contributed by atoms with Crippen LogP contribution < -0.4 is 23.0 Å². The summed E-state index contributed by atoms with van der Waals surface area (Å²) in [5.74, 6) is 0. The molecule has 1 saturated heterocycles.